The lowest BCUT2D eigenvalue weighted by molar-refractivity contribution is -0.134. The minimum atomic E-state index is -0.270. The molecule has 2 aromatic rings. The van der Waals surface area contributed by atoms with Gasteiger partial charge in [-0.1, -0.05) is 48.8 Å². The van der Waals surface area contributed by atoms with Crippen LogP contribution in [-0.2, 0) is 16.0 Å². The van der Waals surface area contributed by atoms with Crippen LogP contribution in [0.15, 0.2) is 47.2 Å². The maximum atomic E-state index is 12.5. The number of amides is 2. The smallest absolute Gasteiger partial charge is 0.245 e. The van der Waals surface area contributed by atoms with Gasteiger partial charge in [-0.2, -0.15) is 0 Å². The van der Waals surface area contributed by atoms with Crippen molar-refractivity contribution in [2.24, 2.45) is 0 Å². The fourth-order valence-corrected chi connectivity index (χ4v) is 2.33. The Hall–Kier alpha value is -2.63. The van der Waals surface area contributed by atoms with E-state index in [1.807, 2.05) is 30.3 Å². The third-order valence-corrected chi connectivity index (χ3v) is 3.64. The number of aromatic nitrogens is 1. The van der Waals surface area contributed by atoms with E-state index in [-0.39, 0.29) is 18.4 Å². The molecule has 0 aliphatic carbocycles. The summed E-state index contributed by atoms with van der Waals surface area (Å²) in [5.74, 6) is 0.0721. The van der Waals surface area contributed by atoms with Gasteiger partial charge in [0.05, 0.1) is 6.54 Å². The van der Waals surface area contributed by atoms with E-state index in [1.165, 1.54) is 6.26 Å². The lowest BCUT2D eigenvalue weighted by Gasteiger charge is -2.22. The number of unbranched alkanes of at least 4 members (excludes halogenated alkanes) is 1. The molecule has 128 valence electrons. The van der Waals surface area contributed by atoms with Gasteiger partial charge in [0.2, 0.25) is 11.8 Å². The fourth-order valence-electron chi connectivity index (χ4n) is 2.33. The number of rotatable bonds is 9. The van der Waals surface area contributed by atoms with Crippen LogP contribution >= 0.6 is 0 Å². The molecule has 1 aromatic heterocycles. The molecule has 0 saturated heterocycles. The number of nitrogens with zero attached hydrogens (tertiary/aromatic N) is 2. The topological polar surface area (TPSA) is 75.4 Å². The number of carbonyl (C=O) groups excluding carboxylic acids is 2. The van der Waals surface area contributed by atoms with Gasteiger partial charge in [-0.05, 0) is 18.4 Å². The van der Waals surface area contributed by atoms with Crippen molar-refractivity contribution in [1.29, 1.82) is 0 Å². The Balaban J connectivity index is 1.88. The second kappa shape index (κ2) is 9.50. The zero-order valence-electron chi connectivity index (χ0n) is 13.9. The maximum Gasteiger partial charge on any atom is 0.245 e. The highest BCUT2D eigenvalue weighted by Crippen LogP contribution is 2.07. The van der Waals surface area contributed by atoms with Gasteiger partial charge < -0.3 is 14.7 Å². The van der Waals surface area contributed by atoms with Crippen LogP contribution in [0.1, 0.15) is 31.7 Å². The van der Waals surface area contributed by atoms with Gasteiger partial charge in [-0.25, -0.2) is 0 Å². The highest BCUT2D eigenvalue weighted by molar-refractivity contribution is 5.93. The number of anilines is 1. The van der Waals surface area contributed by atoms with E-state index in [0.29, 0.717) is 25.2 Å². The summed E-state index contributed by atoms with van der Waals surface area (Å²) in [4.78, 5) is 26.2. The summed E-state index contributed by atoms with van der Waals surface area (Å²) in [5.41, 5.74) is 1.12. The first kappa shape index (κ1) is 17.7. The summed E-state index contributed by atoms with van der Waals surface area (Å²) < 4.78 is 4.68. The molecule has 6 nitrogen and oxygen atoms in total. The van der Waals surface area contributed by atoms with Crippen molar-refractivity contribution >= 4 is 17.6 Å². The van der Waals surface area contributed by atoms with Crippen molar-refractivity contribution in [3.63, 3.8) is 0 Å². The van der Waals surface area contributed by atoms with E-state index < -0.39 is 0 Å². The zero-order valence-corrected chi connectivity index (χ0v) is 13.9. The summed E-state index contributed by atoms with van der Waals surface area (Å²) >= 11 is 0. The van der Waals surface area contributed by atoms with Gasteiger partial charge in [-0.3, -0.25) is 9.59 Å². The first-order valence-corrected chi connectivity index (χ1v) is 8.21. The van der Waals surface area contributed by atoms with E-state index >= 15 is 0 Å². The number of hydrogen-bond acceptors (Lipinski definition) is 4. The van der Waals surface area contributed by atoms with Crippen LogP contribution in [-0.4, -0.2) is 35.0 Å². The van der Waals surface area contributed by atoms with Gasteiger partial charge >= 0.3 is 0 Å². The molecule has 6 heteroatoms. The molecular weight excluding hydrogens is 306 g/mol. The monoisotopic (exact) mass is 329 g/mol. The molecule has 0 spiro atoms. The molecule has 0 unspecified atom stereocenters. The van der Waals surface area contributed by atoms with Crippen molar-refractivity contribution in [3.05, 3.63) is 48.2 Å². The predicted molar refractivity (Wildman–Crippen MR) is 91.4 cm³/mol. The highest BCUT2D eigenvalue weighted by Gasteiger charge is 2.17. The van der Waals surface area contributed by atoms with E-state index in [1.54, 1.807) is 11.0 Å². The maximum absolute atomic E-state index is 12.5. The van der Waals surface area contributed by atoms with Crippen molar-refractivity contribution in [2.75, 3.05) is 18.4 Å². The number of benzene rings is 1. The lowest BCUT2D eigenvalue weighted by atomic mass is 10.1. The number of nitrogens with one attached hydrogen (secondary N) is 1. The summed E-state index contributed by atoms with van der Waals surface area (Å²) in [6, 6.07) is 11.4. The third-order valence-electron chi connectivity index (χ3n) is 3.64. The molecule has 0 aliphatic heterocycles. The predicted octanol–water partition coefficient (Wildman–Crippen LogP) is 2.87. The molecule has 0 atom stereocenters. The Morgan fingerprint density at radius 1 is 1.21 bits per heavy atom. The second-order valence-electron chi connectivity index (χ2n) is 5.59. The number of carbonyl (C=O) groups is 2. The lowest BCUT2D eigenvalue weighted by Crippen LogP contribution is -2.38. The van der Waals surface area contributed by atoms with Crippen molar-refractivity contribution in [1.82, 2.24) is 10.1 Å². The number of hydrogen-bond donors (Lipinski definition) is 1. The van der Waals surface area contributed by atoms with Gasteiger partial charge in [0.25, 0.3) is 0 Å². The minimum Gasteiger partial charge on any atom is -0.363 e. The molecular formula is C18H23N3O3. The first-order chi connectivity index (χ1) is 11.7. The van der Waals surface area contributed by atoms with Crippen LogP contribution in [0.4, 0.5) is 5.82 Å². The van der Waals surface area contributed by atoms with Crippen LogP contribution in [0.3, 0.4) is 0 Å². The second-order valence-corrected chi connectivity index (χ2v) is 5.59. The molecule has 2 rings (SSSR count). The van der Waals surface area contributed by atoms with Crippen molar-refractivity contribution in [2.45, 2.75) is 32.6 Å². The standard InChI is InChI=1S/C18H23N3O3/c1-2-3-12-21(14-17(22)19-16-11-13-24-20-16)18(23)10-9-15-7-5-4-6-8-15/h4-8,11,13H,2-3,9-10,12,14H2,1H3,(H,19,20,22). The minimum absolute atomic E-state index is 0.0115. The number of aryl methyl sites for hydroxylation is 1. The third kappa shape index (κ3) is 5.87. The Labute approximate surface area is 141 Å². The Bertz CT molecular complexity index is 626. The summed E-state index contributed by atoms with van der Waals surface area (Å²) in [6.45, 7) is 2.67. The molecule has 1 N–H and O–H groups in total. The van der Waals surface area contributed by atoms with Crippen LogP contribution in [0.2, 0.25) is 0 Å². The Morgan fingerprint density at radius 2 is 2.00 bits per heavy atom. The molecule has 0 radical (unpaired) electrons. The van der Waals surface area contributed by atoms with Gasteiger partial charge in [-0.15, -0.1) is 0 Å². The van der Waals surface area contributed by atoms with Crippen molar-refractivity contribution < 1.29 is 14.1 Å². The quantitative estimate of drug-likeness (QED) is 0.767. The molecule has 1 heterocycles. The van der Waals surface area contributed by atoms with E-state index in [0.717, 1.165) is 18.4 Å². The summed E-state index contributed by atoms with van der Waals surface area (Å²) in [6.07, 6.45) is 4.29. The van der Waals surface area contributed by atoms with Crippen LogP contribution in [0, 0.1) is 0 Å². The summed E-state index contributed by atoms with van der Waals surface area (Å²) in [5, 5.41) is 6.26. The average molecular weight is 329 g/mol. The Kier molecular flexibility index (Phi) is 7.01. The van der Waals surface area contributed by atoms with Crippen LogP contribution in [0.25, 0.3) is 0 Å². The molecule has 0 saturated carbocycles. The molecule has 0 bridgehead atoms. The van der Waals surface area contributed by atoms with Gasteiger partial charge in [0.15, 0.2) is 5.82 Å². The molecule has 24 heavy (non-hydrogen) atoms. The van der Waals surface area contributed by atoms with Crippen LogP contribution in [0.5, 0.6) is 0 Å². The van der Waals surface area contributed by atoms with Gasteiger partial charge in [0, 0.05) is 19.0 Å². The Morgan fingerprint density at radius 3 is 2.67 bits per heavy atom. The van der Waals surface area contributed by atoms with Gasteiger partial charge in [0.1, 0.15) is 6.26 Å². The fraction of sp³-hybridized carbons (Fsp3) is 0.389. The van der Waals surface area contributed by atoms with E-state index in [2.05, 4.69) is 21.9 Å². The average Bonchev–Trinajstić information content (AvgIpc) is 3.10. The SMILES string of the molecule is CCCCN(CC(=O)Nc1ccon1)C(=O)CCc1ccccc1. The normalized spacial score (nSPS) is 10.4. The largest absolute Gasteiger partial charge is 0.363 e. The zero-order chi connectivity index (χ0) is 17.2. The van der Waals surface area contributed by atoms with Crippen molar-refractivity contribution in [3.8, 4) is 0 Å². The summed E-state index contributed by atoms with van der Waals surface area (Å²) in [7, 11) is 0. The highest BCUT2D eigenvalue weighted by atomic mass is 16.5. The van der Waals surface area contributed by atoms with Crippen LogP contribution < -0.4 is 5.32 Å². The van der Waals surface area contributed by atoms with E-state index in [9.17, 15) is 9.59 Å². The van der Waals surface area contributed by atoms with E-state index in [4.69, 9.17) is 0 Å². The molecule has 0 aliphatic rings. The first-order valence-electron chi connectivity index (χ1n) is 8.21. The molecule has 2 amide bonds. The molecule has 1 aromatic carbocycles. The molecule has 0 fully saturated rings.